The highest BCUT2D eigenvalue weighted by atomic mass is 35.5. The van der Waals surface area contributed by atoms with Crippen LogP contribution in [0.25, 0.3) is 22.0 Å². The first-order valence-corrected chi connectivity index (χ1v) is 8.36. The highest BCUT2D eigenvalue weighted by Gasteiger charge is 2.33. The molecule has 24 heavy (non-hydrogen) atoms. The fourth-order valence-corrected chi connectivity index (χ4v) is 3.56. The number of hydrogen-bond acceptors (Lipinski definition) is 2. The van der Waals surface area contributed by atoms with E-state index >= 15 is 0 Å². The third kappa shape index (κ3) is 2.45. The Hall–Kier alpha value is -2.39. The molecule has 1 N–H and O–H groups in total. The predicted octanol–water partition coefficient (Wildman–Crippen LogP) is 5.44. The molecule has 0 spiro atoms. The van der Waals surface area contributed by atoms with E-state index in [1.54, 1.807) is 0 Å². The van der Waals surface area contributed by atoms with E-state index in [4.69, 9.17) is 16.6 Å². The Bertz CT molecular complexity index is 963. The summed E-state index contributed by atoms with van der Waals surface area (Å²) in [4.78, 5) is 16.8. The van der Waals surface area contributed by atoms with E-state index < -0.39 is 5.97 Å². The number of hydrogen-bond donors (Lipinski definition) is 1. The number of aromatic nitrogens is 1. The molecule has 0 atom stereocenters. The van der Waals surface area contributed by atoms with Gasteiger partial charge in [-0.3, -0.25) is 4.98 Å². The monoisotopic (exact) mass is 337 g/mol. The maximum atomic E-state index is 12.1. The lowest BCUT2D eigenvalue weighted by atomic mass is 9.92. The van der Waals surface area contributed by atoms with Gasteiger partial charge in [0.1, 0.15) is 0 Å². The number of halogens is 1. The number of benzene rings is 2. The van der Waals surface area contributed by atoms with Crippen molar-refractivity contribution in [3.8, 4) is 11.1 Å². The van der Waals surface area contributed by atoms with Crippen LogP contribution in [0.15, 0.2) is 42.5 Å². The summed E-state index contributed by atoms with van der Waals surface area (Å²) in [7, 11) is 0. The van der Waals surface area contributed by atoms with E-state index in [0.717, 1.165) is 40.4 Å². The summed E-state index contributed by atoms with van der Waals surface area (Å²) < 4.78 is 0. The Balaban J connectivity index is 2.19. The topological polar surface area (TPSA) is 50.2 Å². The maximum Gasteiger partial charge on any atom is 0.338 e. The van der Waals surface area contributed by atoms with Gasteiger partial charge in [0.2, 0.25) is 0 Å². The number of aromatic carboxylic acids is 1. The van der Waals surface area contributed by atoms with Crippen LogP contribution in [-0.4, -0.2) is 16.1 Å². The van der Waals surface area contributed by atoms with Gasteiger partial charge in [-0.05, 0) is 43.0 Å². The van der Waals surface area contributed by atoms with Crippen molar-refractivity contribution in [3.63, 3.8) is 0 Å². The van der Waals surface area contributed by atoms with Gasteiger partial charge < -0.3 is 5.11 Å². The number of pyridine rings is 1. The van der Waals surface area contributed by atoms with Crippen LogP contribution in [0.1, 0.15) is 40.4 Å². The Morgan fingerprint density at radius 2 is 1.92 bits per heavy atom. The van der Waals surface area contributed by atoms with Crippen LogP contribution < -0.4 is 0 Å². The summed E-state index contributed by atoms with van der Waals surface area (Å²) in [5.41, 5.74) is 4.43. The molecule has 1 saturated carbocycles. The summed E-state index contributed by atoms with van der Waals surface area (Å²) in [6, 6.07) is 13.3. The van der Waals surface area contributed by atoms with Crippen LogP contribution in [0, 0.1) is 6.92 Å². The molecule has 0 amide bonds. The number of fused-ring (bicyclic) bond motifs is 1. The first-order valence-electron chi connectivity index (χ1n) is 7.98. The van der Waals surface area contributed by atoms with Gasteiger partial charge in [-0.15, -0.1) is 0 Å². The number of aryl methyl sites for hydroxylation is 1. The molecule has 2 aromatic carbocycles. The second kappa shape index (κ2) is 5.60. The van der Waals surface area contributed by atoms with Crippen LogP contribution in [-0.2, 0) is 0 Å². The molecule has 0 aliphatic heterocycles. The van der Waals surface area contributed by atoms with Crippen LogP contribution in [0.2, 0.25) is 5.02 Å². The van der Waals surface area contributed by atoms with Gasteiger partial charge >= 0.3 is 5.97 Å². The number of carbonyl (C=O) groups is 1. The summed E-state index contributed by atoms with van der Waals surface area (Å²) in [5.74, 6) is -0.680. The van der Waals surface area contributed by atoms with E-state index in [1.165, 1.54) is 0 Å². The van der Waals surface area contributed by atoms with E-state index in [9.17, 15) is 9.90 Å². The van der Waals surface area contributed by atoms with Gasteiger partial charge in [-0.2, -0.15) is 0 Å². The average Bonchev–Trinajstić information content (AvgIpc) is 3.38. The number of nitrogens with zero attached hydrogens (tertiary/aromatic N) is 1. The Kier molecular flexibility index (Phi) is 3.54. The molecule has 1 fully saturated rings. The first-order chi connectivity index (χ1) is 11.6. The molecule has 4 heteroatoms. The van der Waals surface area contributed by atoms with Crippen LogP contribution in [0.4, 0.5) is 0 Å². The smallest absolute Gasteiger partial charge is 0.338 e. The maximum absolute atomic E-state index is 12.1. The van der Waals surface area contributed by atoms with Gasteiger partial charge in [0.05, 0.1) is 16.8 Å². The van der Waals surface area contributed by atoms with Crippen molar-refractivity contribution in [1.82, 2.24) is 4.98 Å². The summed E-state index contributed by atoms with van der Waals surface area (Å²) >= 11 is 6.25. The molecule has 3 nitrogen and oxygen atoms in total. The molecule has 4 rings (SSSR count). The van der Waals surface area contributed by atoms with Crippen LogP contribution >= 0.6 is 11.6 Å². The number of carboxylic acid groups (broad SMARTS) is 1. The lowest BCUT2D eigenvalue weighted by Crippen LogP contribution is -2.08. The molecule has 0 saturated heterocycles. The lowest BCUT2D eigenvalue weighted by Gasteiger charge is -2.16. The largest absolute Gasteiger partial charge is 0.478 e. The van der Waals surface area contributed by atoms with Crippen molar-refractivity contribution in [3.05, 3.63) is 64.3 Å². The molecular formula is C20H16ClNO2. The van der Waals surface area contributed by atoms with Gasteiger partial charge in [0.25, 0.3) is 0 Å². The summed E-state index contributed by atoms with van der Waals surface area (Å²) in [5, 5.41) is 11.3. The lowest BCUT2D eigenvalue weighted by molar-refractivity contribution is 0.0696. The Labute approximate surface area is 144 Å². The molecule has 1 aliphatic rings. The zero-order valence-corrected chi connectivity index (χ0v) is 14.0. The molecule has 1 heterocycles. The second-order valence-corrected chi connectivity index (χ2v) is 6.75. The first kappa shape index (κ1) is 15.2. The van der Waals surface area contributed by atoms with E-state index in [-0.39, 0.29) is 5.92 Å². The van der Waals surface area contributed by atoms with Crippen molar-refractivity contribution < 1.29 is 9.90 Å². The minimum absolute atomic E-state index is 0.248. The van der Waals surface area contributed by atoms with Crippen molar-refractivity contribution in [2.24, 2.45) is 0 Å². The SMILES string of the molecule is Cc1cc(Cl)cc2c(-c3ccccc3)c(C(=O)O)c(C3CC3)nc12. The van der Waals surface area contributed by atoms with Crippen molar-refractivity contribution in [2.45, 2.75) is 25.7 Å². The van der Waals surface area contributed by atoms with Gasteiger partial charge in [-0.25, -0.2) is 4.79 Å². The van der Waals surface area contributed by atoms with Crippen molar-refractivity contribution in [1.29, 1.82) is 0 Å². The van der Waals surface area contributed by atoms with E-state index in [0.29, 0.717) is 16.3 Å². The highest BCUT2D eigenvalue weighted by molar-refractivity contribution is 6.31. The number of rotatable bonds is 3. The van der Waals surface area contributed by atoms with Crippen LogP contribution in [0.5, 0.6) is 0 Å². The molecule has 0 radical (unpaired) electrons. The second-order valence-electron chi connectivity index (χ2n) is 6.31. The molecule has 0 unspecified atom stereocenters. The molecule has 120 valence electrons. The zero-order valence-electron chi connectivity index (χ0n) is 13.2. The average molecular weight is 338 g/mol. The highest BCUT2D eigenvalue weighted by Crippen LogP contribution is 2.45. The quantitative estimate of drug-likeness (QED) is 0.692. The fourth-order valence-electron chi connectivity index (χ4n) is 3.29. The Morgan fingerprint density at radius 1 is 1.21 bits per heavy atom. The van der Waals surface area contributed by atoms with E-state index in [2.05, 4.69) is 0 Å². The third-order valence-electron chi connectivity index (χ3n) is 4.51. The normalized spacial score (nSPS) is 14.1. The van der Waals surface area contributed by atoms with Gasteiger partial charge in [0.15, 0.2) is 0 Å². The third-order valence-corrected chi connectivity index (χ3v) is 4.73. The minimum Gasteiger partial charge on any atom is -0.478 e. The molecule has 3 aromatic rings. The molecule has 1 aliphatic carbocycles. The number of carboxylic acids is 1. The molecule has 1 aromatic heterocycles. The van der Waals surface area contributed by atoms with Gasteiger partial charge in [-0.1, -0.05) is 41.9 Å². The zero-order chi connectivity index (χ0) is 16.8. The van der Waals surface area contributed by atoms with Crippen LogP contribution in [0.3, 0.4) is 0 Å². The standard InChI is InChI=1S/C20H16ClNO2/c1-11-9-14(21)10-15-16(12-5-3-2-4-6-12)17(20(23)24)19(13-7-8-13)22-18(11)15/h2-6,9-10,13H,7-8H2,1H3,(H,23,24). The van der Waals surface area contributed by atoms with Gasteiger partial charge in [0, 0.05) is 21.9 Å². The van der Waals surface area contributed by atoms with Crippen molar-refractivity contribution >= 4 is 28.5 Å². The minimum atomic E-state index is -0.928. The molecule has 0 bridgehead atoms. The van der Waals surface area contributed by atoms with Crippen molar-refractivity contribution in [2.75, 3.05) is 0 Å². The molecular weight excluding hydrogens is 322 g/mol. The fraction of sp³-hybridized carbons (Fsp3) is 0.200. The predicted molar refractivity (Wildman–Crippen MR) is 95.9 cm³/mol. The van der Waals surface area contributed by atoms with E-state index in [1.807, 2.05) is 49.4 Å². The summed E-state index contributed by atoms with van der Waals surface area (Å²) in [6.07, 6.45) is 2.00. The summed E-state index contributed by atoms with van der Waals surface area (Å²) in [6.45, 7) is 1.97. The Morgan fingerprint density at radius 3 is 2.54 bits per heavy atom.